The number of nitro benzene ring substituents is 1. The predicted molar refractivity (Wildman–Crippen MR) is 64.4 cm³/mol. The summed E-state index contributed by atoms with van der Waals surface area (Å²) in [5.74, 6) is -0.143. The maximum Gasteiger partial charge on any atom is 0.295 e. The third-order valence-corrected chi connectivity index (χ3v) is 3.06. The van der Waals surface area contributed by atoms with Crippen LogP contribution in [0.4, 0.5) is 15.9 Å². The molecule has 0 aliphatic heterocycles. The highest BCUT2D eigenvalue weighted by Crippen LogP contribution is 2.43. The van der Waals surface area contributed by atoms with Crippen LogP contribution < -0.4 is 5.73 Å². The largest absolute Gasteiger partial charge is 0.381 e. The highest BCUT2D eigenvalue weighted by Gasteiger charge is 2.32. The van der Waals surface area contributed by atoms with E-state index in [9.17, 15) is 14.5 Å². The Bertz CT molecular complexity index is 665. The number of anilines is 1. The van der Waals surface area contributed by atoms with Crippen molar-refractivity contribution in [3.63, 3.8) is 0 Å². The van der Waals surface area contributed by atoms with Crippen molar-refractivity contribution in [2.45, 2.75) is 18.8 Å². The topological polar surface area (TPSA) is 99.9 Å². The van der Waals surface area contributed by atoms with Crippen LogP contribution in [0.3, 0.4) is 0 Å². The van der Waals surface area contributed by atoms with Crippen molar-refractivity contribution in [3.8, 4) is 5.69 Å². The fraction of sp³-hybridized carbons (Fsp3) is 0.273. The molecule has 1 heterocycles. The highest BCUT2D eigenvalue weighted by molar-refractivity contribution is 5.55. The zero-order valence-electron chi connectivity index (χ0n) is 9.78. The van der Waals surface area contributed by atoms with E-state index in [2.05, 4.69) is 10.3 Å². The van der Waals surface area contributed by atoms with Gasteiger partial charge in [-0.2, -0.15) is 0 Å². The van der Waals surface area contributed by atoms with Gasteiger partial charge in [0.1, 0.15) is 11.5 Å². The average Bonchev–Trinajstić information content (AvgIpc) is 3.12. The molecule has 19 heavy (non-hydrogen) atoms. The molecule has 2 aromatic rings. The van der Waals surface area contributed by atoms with Gasteiger partial charge in [0.25, 0.3) is 5.69 Å². The van der Waals surface area contributed by atoms with Gasteiger partial charge in [-0.05, 0) is 18.9 Å². The first-order valence-corrected chi connectivity index (χ1v) is 5.73. The molecule has 0 spiro atoms. The molecule has 1 fully saturated rings. The van der Waals surface area contributed by atoms with Gasteiger partial charge in [0.05, 0.1) is 10.6 Å². The molecule has 1 aromatic carbocycles. The molecule has 0 amide bonds. The van der Waals surface area contributed by atoms with E-state index >= 15 is 0 Å². The van der Waals surface area contributed by atoms with E-state index in [-0.39, 0.29) is 23.1 Å². The van der Waals surface area contributed by atoms with Gasteiger partial charge in [-0.1, -0.05) is 5.21 Å². The summed E-state index contributed by atoms with van der Waals surface area (Å²) in [6.45, 7) is 0. The molecule has 0 saturated heterocycles. The van der Waals surface area contributed by atoms with E-state index in [1.807, 2.05) is 0 Å². The molecular weight excluding hydrogens is 253 g/mol. The minimum Gasteiger partial charge on any atom is -0.381 e. The monoisotopic (exact) mass is 263 g/mol. The van der Waals surface area contributed by atoms with E-state index in [4.69, 9.17) is 5.73 Å². The minimum absolute atomic E-state index is 0.0519. The first-order valence-electron chi connectivity index (χ1n) is 5.73. The number of hydrogen-bond acceptors (Lipinski definition) is 5. The third-order valence-electron chi connectivity index (χ3n) is 3.06. The van der Waals surface area contributed by atoms with Crippen LogP contribution in [0.1, 0.15) is 24.5 Å². The van der Waals surface area contributed by atoms with Crippen molar-refractivity contribution in [2.24, 2.45) is 0 Å². The quantitative estimate of drug-likeness (QED) is 0.672. The lowest BCUT2D eigenvalue weighted by molar-refractivity contribution is -0.384. The van der Waals surface area contributed by atoms with E-state index in [1.54, 1.807) is 0 Å². The van der Waals surface area contributed by atoms with Crippen LogP contribution >= 0.6 is 0 Å². The Morgan fingerprint density at radius 3 is 2.84 bits per heavy atom. The number of nitro groups is 1. The van der Waals surface area contributed by atoms with Gasteiger partial charge in [0.2, 0.25) is 0 Å². The molecular formula is C11H10FN5O2. The molecule has 0 unspecified atom stereocenters. The second-order valence-electron chi connectivity index (χ2n) is 4.44. The van der Waals surface area contributed by atoms with Crippen molar-refractivity contribution in [2.75, 3.05) is 5.73 Å². The summed E-state index contributed by atoms with van der Waals surface area (Å²) >= 11 is 0. The Hall–Kier alpha value is -2.51. The molecule has 2 N–H and O–H groups in total. The van der Waals surface area contributed by atoms with E-state index in [0.29, 0.717) is 5.69 Å². The van der Waals surface area contributed by atoms with E-state index < -0.39 is 10.7 Å². The van der Waals surface area contributed by atoms with Gasteiger partial charge in [-0.15, -0.1) is 5.10 Å². The van der Waals surface area contributed by atoms with Gasteiger partial charge < -0.3 is 5.73 Å². The molecule has 1 saturated carbocycles. The third kappa shape index (κ3) is 1.90. The zero-order valence-corrected chi connectivity index (χ0v) is 9.78. The molecule has 8 heteroatoms. The SMILES string of the molecule is Nc1nnn(-c2cc(F)ccc2[N+](=O)[O-])c1C1CC1. The number of nitrogen functional groups attached to an aromatic ring is 1. The summed E-state index contributed by atoms with van der Waals surface area (Å²) in [5, 5.41) is 18.5. The van der Waals surface area contributed by atoms with Crippen LogP contribution in [0.2, 0.25) is 0 Å². The molecule has 1 aliphatic rings. The summed E-state index contributed by atoms with van der Waals surface area (Å²) in [4.78, 5) is 10.4. The van der Waals surface area contributed by atoms with Gasteiger partial charge >= 0.3 is 0 Å². The van der Waals surface area contributed by atoms with Crippen molar-refractivity contribution < 1.29 is 9.31 Å². The number of halogens is 1. The second-order valence-corrected chi connectivity index (χ2v) is 4.44. The van der Waals surface area contributed by atoms with Crippen molar-refractivity contribution >= 4 is 11.5 Å². The Morgan fingerprint density at radius 2 is 2.21 bits per heavy atom. The van der Waals surface area contributed by atoms with Crippen LogP contribution in [0, 0.1) is 15.9 Å². The summed E-state index contributed by atoms with van der Waals surface area (Å²) in [7, 11) is 0. The minimum atomic E-state index is -0.580. The fourth-order valence-corrected chi connectivity index (χ4v) is 2.04. The number of rotatable bonds is 3. The normalized spacial score (nSPS) is 14.6. The lowest BCUT2D eigenvalue weighted by Crippen LogP contribution is -2.06. The predicted octanol–water partition coefficient (Wildman–Crippen LogP) is 1.77. The Kier molecular flexibility index (Phi) is 2.44. The smallest absolute Gasteiger partial charge is 0.295 e. The lowest BCUT2D eigenvalue weighted by atomic mass is 10.2. The van der Waals surface area contributed by atoms with Gasteiger partial charge in [-0.25, -0.2) is 9.07 Å². The Morgan fingerprint density at radius 1 is 1.47 bits per heavy atom. The summed E-state index contributed by atoms with van der Waals surface area (Å²) in [6, 6.07) is 3.22. The van der Waals surface area contributed by atoms with Crippen molar-refractivity contribution in [3.05, 3.63) is 39.8 Å². The van der Waals surface area contributed by atoms with Gasteiger partial charge in [0, 0.05) is 18.1 Å². The lowest BCUT2D eigenvalue weighted by Gasteiger charge is -2.06. The maximum absolute atomic E-state index is 13.3. The number of nitrogens with zero attached hydrogens (tertiary/aromatic N) is 4. The van der Waals surface area contributed by atoms with Crippen LogP contribution in [0.15, 0.2) is 18.2 Å². The van der Waals surface area contributed by atoms with Crippen molar-refractivity contribution in [1.29, 1.82) is 0 Å². The summed E-state index contributed by atoms with van der Waals surface area (Å²) in [5.41, 5.74) is 6.17. The zero-order chi connectivity index (χ0) is 13.6. The molecule has 0 bridgehead atoms. The van der Waals surface area contributed by atoms with Crippen molar-refractivity contribution in [1.82, 2.24) is 15.0 Å². The fourth-order valence-electron chi connectivity index (χ4n) is 2.04. The van der Waals surface area contributed by atoms with E-state index in [1.165, 1.54) is 4.68 Å². The number of benzene rings is 1. The first kappa shape index (κ1) is 11.6. The van der Waals surface area contributed by atoms with Crippen LogP contribution in [0.5, 0.6) is 0 Å². The number of aromatic nitrogens is 3. The maximum atomic E-state index is 13.3. The number of nitrogens with two attached hydrogens (primary N) is 1. The molecule has 98 valence electrons. The van der Waals surface area contributed by atoms with Crippen LogP contribution in [0.25, 0.3) is 5.69 Å². The molecule has 0 atom stereocenters. The van der Waals surface area contributed by atoms with Gasteiger partial charge in [-0.3, -0.25) is 10.1 Å². The summed E-state index contributed by atoms with van der Waals surface area (Å²) < 4.78 is 14.6. The van der Waals surface area contributed by atoms with Crippen LogP contribution in [-0.4, -0.2) is 19.9 Å². The summed E-state index contributed by atoms with van der Waals surface area (Å²) in [6.07, 6.45) is 1.86. The average molecular weight is 263 g/mol. The van der Waals surface area contributed by atoms with Crippen LogP contribution in [-0.2, 0) is 0 Å². The molecule has 1 aliphatic carbocycles. The highest BCUT2D eigenvalue weighted by atomic mass is 19.1. The second kappa shape index (κ2) is 4.01. The first-order chi connectivity index (χ1) is 9.08. The number of hydrogen-bond donors (Lipinski definition) is 1. The molecule has 3 rings (SSSR count). The molecule has 1 aromatic heterocycles. The standard InChI is InChI=1S/C11H10FN5O2/c12-7-3-4-8(17(18)19)9(5-7)16-10(6-1-2-6)11(13)14-15-16/h3-6H,1-2,13H2. The molecule has 0 radical (unpaired) electrons. The van der Waals surface area contributed by atoms with Gasteiger partial charge in [0.15, 0.2) is 5.82 Å². The Labute approximate surface area is 107 Å². The Balaban J connectivity index is 2.21. The molecule has 7 nitrogen and oxygen atoms in total. The van der Waals surface area contributed by atoms with E-state index in [0.717, 1.165) is 31.0 Å².